The highest BCUT2D eigenvalue weighted by atomic mass is 16.3. The summed E-state index contributed by atoms with van der Waals surface area (Å²) in [6.45, 7) is 5.14. The van der Waals surface area contributed by atoms with Crippen LogP contribution < -0.4 is 16.0 Å². The Morgan fingerprint density at radius 1 is 1.24 bits per heavy atom. The smallest absolute Gasteiger partial charge is 0.315 e. The lowest BCUT2D eigenvalue weighted by Gasteiger charge is -2.13. The van der Waals surface area contributed by atoms with Gasteiger partial charge in [0.15, 0.2) is 0 Å². The van der Waals surface area contributed by atoms with Gasteiger partial charge in [0.2, 0.25) is 0 Å². The molecule has 0 saturated carbocycles. The monoisotopic (exact) mass is 338 g/mol. The lowest BCUT2D eigenvalue weighted by molar-refractivity contribution is 0.236. The van der Waals surface area contributed by atoms with E-state index >= 15 is 0 Å². The van der Waals surface area contributed by atoms with Crippen molar-refractivity contribution in [3.05, 3.63) is 60.0 Å². The van der Waals surface area contributed by atoms with Gasteiger partial charge in [0.25, 0.3) is 0 Å². The van der Waals surface area contributed by atoms with Crippen LogP contribution in [-0.2, 0) is 6.54 Å². The Balaban J connectivity index is 1.55. The molecule has 1 aromatic carbocycles. The van der Waals surface area contributed by atoms with E-state index < -0.39 is 0 Å². The van der Waals surface area contributed by atoms with Crippen LogP contribution in [0.1, 0.15) is 31.2 Å². The normalized spacial score (nSPS) is 11.9. The largest absolute Gasteiger partial charge is 0.459 e. The van der Waals surface area contributed by atoms with E-state index in [1.165, 1.54) is 0 Å². The average Bonchev–Trinajstić information content (AvgIpc) is 3.05. The van der Waals surface area contributed by atoms with Gasteiger partial charge in [-0.2, -0.15) is 0 Å². The standard InChI is InChI=1S/C19H22N4O2/c1-3-20-18-10-14(8-9-21-18)12-22-19(24)23-13(2)17-11-15-6-4-5-7-16(15)25-17/h4-11,13H,3,12H2,1-2H3,(H,20,21)(H2,22,23,24). The third-order valence-corrected chi connectivity index (χ3v) is 3.85. The second-order valence-corrected chi connectivity index (χ2v) is 5.81. The first kappa shape index (κ1) is 16.8. The van der Waals surface area contributed by atoms with E-state index in [0.717, 1.165) is 34.7 Å². The Kier molecular flexibility index (Phi) is 5.18. The highest BCUT2D eigenvalue weighted by molar-refractivity contribution is 5.78. The molecule has 25 heavy (non-hydrogen) atoms. The molecule has 2 aromatic heterocycles. The number of anilines is 1. The van der Waals surface area contributed by atoms with Crippen LogP contribution in [0, 0.1) is 0 Å². The van der Waals surface area contributed by atoms with E-state index in [1.54, 1.807) is 6.20 Å². The topological polar surface area (TPSA) is 79.2 Å². The van der Waals surface area contributed by atoms with Crippen molar-refractivity contribution >= 4 is 22.8 Å². The number of pyridine rings is 1. The third kappa shape index (κ3) is 4.29. The number of hydrogen-bond donors (Lipinski definition) is 3. The molecule has 130 valence electrons. The molecule has 0 aliphatic heterocycles. The number of urea groups is 1. The van der Waals surface area contributed by atoms with Gasteiger partial charge in [-0.15, -0.1) is 0 Å². The number of benzene rings is 1. The van der Waals surface area contributed by atoms with Crippen molar-refractivity contribution in [1.82, 2.24) is 15.6 Å². The first-order chi connectivity index (χ1) is 12.2. The number of nitrogens with zero attached hydrogens (tertiary/aromatic N) is 1. The zero-order valence-electron chi connectivity index (χ0n) is 14.4. The fourth-order valence-electron chi connectivity index (χ4n) is 2.58. The second-order valence-electron chi connectivity index (χ2n) is 5.81. The van der Waals surface area contributed by atoms with Gasteiger partial charge in [-0.3, -0.25) is 0 Å². The molecular weight excluding hydrogens is 316 g/mol. The molecule has 0 aliphatic carbocycles. The molecule has 3 aromatic rings. The van der Waals surface area contributed by atoms with Gasteiger partial charge < -0.3 is 20.4 Å². The van der Waals surface area contributed by atoms with Crippen LogP contribution in [0.25, 0.3) is 11.0 Å². The molecule has 0 bridgehead atoms. The Hall–Kier alpha value is -3.02. The van der Waals surface area contributed by atoms with Gasteiger partial charge in [0.1, 0.15) is 17.2 Å². The van der Waals surface area contributed by atoms with Gasteiger partial charge in [0, 0.05) is 24.7 Å². The van der Waals surface area contributed by atoms with Crippen molar-refractivity contribution in [3.63, 3.8) is 0 Å². The van der Waals surface area contributed by atoms with Gasteiger partial charge in [-0.1, -0.05) is 18.2 Å². The molecule has 3 rings (SSSR count). The van der Waals surface area contributed by atoms with Crippen LogP contribution in [0.5, 0.6) is 0 Å². The number of hydrogen-bond acceptors (Lipinski definition) is 4. The summed E-state index contributed by atoms with van der Waals surface area (Å²) in [4.78, 5) is 16.3. The quantitative estimate of drug-likeness (QED) is 0.638. The van der Waals surface area contributed by atoms with E-state index in [1.807, 2.05) is 56.3 Å². The minimum atomic E-state index is -0.241. The summed E-state index contributed by atoms with van der Waals surface area (Å²) in [5, 5.41) is 9.92. The van der Waals surface area contributed by atoms with Crippen molar-refractivity contribution in [2.45, 2.75) is 26.4 Å². The maximum absolute atomic E-state index is 12.1. The summed E-state index contributed by atoms with van der Waals surface area (Å²) < 4.78 is 5.78. The average molecular weight is 338 g/mol. The predicted octanol–water partition coefficient (Wildman–Crippen LogP) is 3.82. The number of aromatic nitrogens is 1. The van der Waals surface area contributed by atoms with Crippen LogP contribution >= 0.6 is 0 Å². The van der Waals surface area contributed by atoms with E-state index in [4.69, 9.17) is 4.42 Å². The molecule has 6 nitrogen and oxygen atoms in total. The van der Waals surface area contributed by atoms with Crippen LogP contribution in [-0.4, -0.2) is 17.6 Å². The fourth-order valence-corrected chi connectivity index (χ4v) is 2.58. The van der Waals surface area contributed by atoms with Crippen molar-refractivity contribution in [2.24, 2.45) is 0 Å². The van der Waals surface area contributed by atoms with E-state index in [9.17, 15) is 4.79 Å². The molecule has 6 heteroatoms. The summed E-state index contributed by atoms with van der Waals surface area (Å²) >= 11 is 0. The van der Waals surface area contributed by atoms with Crippen molar-refractivity contribution in [2.75, 3.05) is 11.9 Å². The Bertz CT molecular complexity index is 826. The molecule has 0 spiro atoms. The zero-order chi connectivity index (χ0) is 17.6. The Labute approximate surface area is 146 Å². The zero-order valence-corrected chi connectivity index (χ0v) is 14.4. The lowest BCUT2D eigenvalue weighted by atomic mass is 10.2. The van der Waals surface area contributed by atoms with Crippen LogP contribution in [0.15, 0.2) is 53.1 Å². The first-order valence-electron chi connectivity index (χ1n) is 8.37. The number of fused-ring (bicyclic) bond motifs is 1. The molecule has 2 heterocycles. The summed E-state index contributed by atoms with van der Waals surface area (Å²) in [5.41, 5.74) is 1.80. The van der Waals surface area contributed by atoms with Crippen molar-refractivity contribution in [3.8, 4) is 0 Å². The minimum absolute atomic E-state index is 0.220. The van der Waals surface area contributed by atoms with Crippen LogP contribution in [0.2, 0.25) is 0 Å². The number of nitrogens with one attached hydrogen (secondary N) is 3. The molecule has 0 radical (unpaired) electrons. The van der Waals surface area contributed by atoms with E-state index in [-0.39, 0.29) is 12.1 Å². The summed E-state index contributed by atoms with van der Waals surface area (Å²) in [5.74, 6) is 1.53. The van der Waals surface area contributed by atoms with E-state index in [0.29, 0.717) is 6.54 Å². The minimum Gasteiger partial charge on any atom is -0.459 e. The predicted molar refractivity (Wildman–Crippen MR) is 98.4 cm³/mol. The van der Waals surface area contributed by atoms with Crippen molar-refractivity contribution in [1.29, 1.82) is 0 Å². The first-order valence-corrected chi connectivity index (χ1v) is 8.37. The third-order valence-electron chi connectivity index (χ3n) is 3.85. The summed E-state index contributed by atoms with van der Waals surface area (Å²) in [6, 6.07) is 13.1. The lowest BCUT2D eigenvalue weighted by Crippen LogP contribution is -2.36. The van der Waals surface area contributed by atoms with Crippen molar-refractivity contribution < 1.29 is 9.21 Å². The highest BCUT2D eigenvalue weighted by Gasteiger charge is 2.14. The molecular formula is C19H22N4O2. The summed E-state index contributed by atoms with van der Waals surface area (Å²) in [7, 11) is 0. The van der Waals surface area contributed by atoms with Gasteiger partial charge in [-0.25, -0.2) is 9.78 Å². The number of carbonyl (C=O) groups is 1. The molecule has 0 saturated heterocycles. The van der Waals surface area contributed by atoms with E-state index in [2.05, 4.69) is 20.9 Å². The fraction of sp³-hybridized carbons (Fsp3) is 0.263. The molecule has 1 atom stereocenters. The number of amides is 2. The number of carbonyl (C=O) groups excluding carboxylic acids is 1. The van der Waals surface area contributed by atoms with Gasteiger partial charge >= 0.3 is 6.03 Å². The molecule has 2 amide bonds. The summed E-state index contributed by atoms with van der Waals surface area (Å²) in [6.07, 6.45) is 1.73. The second kappa shape index (κ2) is 7.70. The SMILES string of the molecule is CCNc1cc(CNC(=O)NC(C)c2cc3ccccc3o2)ccn1. The maximum Gasteiger partial charge on any atom is 0.315 e. The van der Waals surface area contributed by atoms with Crippen LogP contribution in [0.4, 0.5) is 10.6 Å². The number of para-hydroxylation sites is 1. The number of furan rings is 1. The van der Waals surface area contributed by atoms with Crippen LogP contribution in [0.3, 0.4) is 0 Å². The molecule has 0 aliphatic rings. The van der Waals surface area contributed by atoms with Gasteiger partial charge in [0.05, 0.1) is 6.04 Å². The van der Waals surface area contributed by atoms with Gasteiger partial charge in [-0.05, 0) is 43.7 Å². The molecule has 1 unspecified atom stereocenters. The Morgan fingerprint density at radius 2 is 2.08 bits per heavy atom. The molecule has 3 N–H and O–H groups in total. The maximum atomic E-state index is 12.1. The highest BCUT2D eigenvalue weighted by Crippen LogP contribution is 2.23. The number of rotatable bonds is 6. The Morgan fingerprint density at radius 3 is 2.88 bits per heavy atom. The molecule has 0 fully saturated rings.